The predicted molar refractivity (Wildman–Crippen MR) is 74.4 cm³/mol. The summed E-state index contributed by atoms with van der Waals surface area (Å²) in [5.41, 5.74) is 0.0544. The minimum absolute atomic E-state index is 0.141. The standard InChI is InChI=1S/C13H17N5O2/c1-2-17-5-3-4-11(9-17)16-13-12(18(19)20)6-10(7-14)8-15-13/h6,8,11H,2-5,9H2,1H3,(H,15,16). The van der Waals surface area contributed by atoms with Crippen LogP contribution in [0.1, 0.15) is 25.3 Å². The minimum atomic E-state index is -0.503. The van der Waals surface area contributed by atoms with Crippen molar-refractivity contribution in [3.05, 3.63) is 27.9 Å². The zero-order valence-electron chi connectivity index (χ0n) is 11.4. The number of anilines is 1. The number of hydrogen-bond acceptors (Lipinski definition) is 6. The fourth-order valence-corrected chi connectivity index (χ4v) is 2.42. The van der Waals surface area contributed by atoms with Crippen molar-refractivity contribution in [3.8, 4) is 6.07 Å². The lowest BCUT2D eigenvalue weighted by atomic mass is 10.1. The molecule has 1 aliphatic rings. The van der Waals surface area contributed by atoms with Crippen molar-refractivity contribution in [1.82, 2.24) is 9.88 Å². The van der Waals surface area contributed by atoms with Crippen molar-refractivity contribution < 1.29 is 4.92 Å². The van der Waals surface area contributed by atoms with Crippen LogP contribution in [0, 0.1) is 21.4 Å². The van der Waals surface area contributed by atoms with Crippen LogP contribution in [0.15, 0.2) is 12.3 Å². The fraction of sp³-hybridized carbons (Fsp3) is 0.538. The van der Waals surface area contributed by atoms with Gasteiger partial charge in [0.05, 0.1) is 10.5 Å². The molecule has 0 amide bonds. The number of piperidine rings is 1. The topological polar surface area (TPSA) is 95.1 Å². The van der Waals surface area contributed by atoms with Gasteiger partial charge < -0.3 is 10.2 Å². The number of pyridine rings is 1. The molecule has 0 bridgehead atoms. The van der Waals surface area contributed by atoms with Gasteiger partial charge in [-0.3, -0.25) is 10.1 Å². The van der Waals surface area contributed by atoms with Crippen molar-refractivity contribution >= 4 is 11.5 Å². The van der Waals surface area contributed by atoms with Gasteiger partial charge in [-0.1, -0.05) is 6.92 Å². The van der Waals surface area contributed by atoms with E-state index < -0.39 is 4.92 Å². The largest absolute Gasteiger partial charge is 0.360 e. The second kappa shape index (κ2) is 6.30. The van der Waals surface area contributed by atoms with Gasteiger partial charge in [-0.15, -0.1) is 0 Å². The first-order valence-corrected chi connectivity index (χ1v) is 6.67. The summed E-state index contributed by atoms with van der Waals surface area (Å²) in [4.78, 5) is 16.9. The molecule has 7 nitrogen and oxygen atoms in total. The number of hydrogen-bond donors (Lipinski definition) is 1. The van der Waals surface area contributed by atoms with Crippen LogP contribution >= 0.6 is 0 Å². The maximum Gasteiger partial charge on any atom is 0.312 e. The lowest BCUT2D eigenvalue weighted by Gasteiger charge is -2.32. The molecule has 1 atom stereocenters. The molecule has 1 fully saturated rings. The maximum atomic E-state index is 11.1. The number of nitrogens with zero attached hydrogens (tertiary/aromatic N) is 4. The summed E-state index contributed by atoms with van der Waals surface area (Å²) < 4.78 is 0. The molecule has 20 heavy (non-hydrogen) atoms. The first kappa shape index (κ1) is 14.2. The third-order valence-electron chi connectivity index (χ3n) is 3.49. The number of aromatic nitrogens is 1. The third kappa shape index (κ3) is 3.22. The second-order valence-electron chi connectivity index (χ2n) is 4.84. The van der Waals surface area contributed by atoms with Crippen LogP contribution in [0.25, 0.3) is 0 Å². The lowest BCUT2D eigenvalue weighted by molar-refractivity contribution is -0.384. The average molecular weight is 275 g/mol. The van der Waals surface area contributed by atoms with Gasteiger partial charge in [-0.25, -0.2) is 4.98 Å². The van der Waals surface area contributed by atoms with E-state index in [-0.39, 0.29) is 23.1 Å². The molecular weight excluding hydrogens is 258 g/mol. The summed E-state index contributed by atoms with van der Waals surface area (Å²) in [6.45, 7) is 5.00. The SMILES string of the molecule is CCN1CCCC(Nc2ncc(C#N)cc2[N+](=O)[O-])C1. The number of likely N-dealkylation sites (tertiary alicyclic amines) is 1. The highest BCUT2D eigenvalue weighted by Crippen LogP contribution is 2.24. The molecule has 1 aromatic heterocycles. The van der Waals surface area contributed by atoms with E-state index >= 15 is 0 Å². The molecule has 0 radical (unpaired) electrons. The van der Waals surface area contributed by atoms with Crippen LogP contribution in [-0.2, 0) is 0 Å². The molecular formula is C13H17N5O2. The van der Waals surface area contributed by atoms with Gasteiger partial charge in [0.15, 0.2) is 0 Å². The van der Waals surface area contributed by atoms with Crippen LogP contribution in [0.5, 0.6) is 0 Å². The molecule has 0 aromatic carbocycles. The van der Waals surface area contributed by atoms with E-state index in [2.05, 4.69) is 22.1 Å². The highest BCUT2D eigenvalue weighted by atomic mass is 16.6. The Hall–Kier alpha value is -2.20. The van der Waals surface area contributed by atoms with Crippen molar-refractivity contribution in [1.29, 1.82) is 5.26 Å². The van der Waals surface area contributed by atoms with Gasteiger partial charge in [-0.05, 0) is 25.9 Å². The average Bonchev–Trinajstić information content (AvgIpc) is 2.47. The van der Waals surface area contributed by atoms with E-state index in [0.29, 0.717) is 0 Å². The summed E-state index contributed by atoms with van der Waals surface area (Å²) in [5, 5.41) is 23.0. The molecule has 1 aromatic rings. The van der Waals surface area contributed by atoms with Crippen LogP contribution < -0.4 is 5.32 Å². The second-order valence-corrected chi connectivity index (χ2v) is 4.84. The summed E-state index contributed by atoms with van der Waals surface area (Å²) >= 11 is 0. The first-order valence-electron chi connectivity index (χ1n) is 6.67. The molecule has 2 heterocycles. The fourth-order valence-electron chi connectivity index (χ4n) is 2.42. The van der Waals surface area contributed by atoms with Gasteiger partial charge >= 0.3 is 5.69 Å². The Morgan fingerprint density at radius 1 is 1.70 bits per heavy atom. The smallest absolute Gasteiger partial charge is 0.312 e. The van der Waals surface area contributed by atoms with Crippen LogP contribution in [0.2, 0.25) is 0 Å². The van der Waals surface area contributed by atoms with E-state index in [4.69, 9.17) is 5.26 Å². The molecule has 1 saturated heterocycles. The molecule has 1 unspecified atom stereocenters. The third-order valence-corrected chi connectivity index (χ3v) is 3.49. The molecule has 2 rings (SSSR count). The highest BCUT2D eigenvalue weighted by molar-refractivity contribution is 5.58. The number of nitrogens with one attached hydrogen (secondary N) is 1. The van der Waals surface area contributed by atoms with E-state index in [1.165, 1.54) is 12.3 Å². The van der Waals surface area contributed by atoms with E-state index in [0.717, 1.165) is 32.5 Å². The lowest BCUT2D eigenvalue weighted by Crippen LogP contribution is -2.42. The van der Waals surface area contributed by atoms with Crippen LogP contribution in [-0.4, -0.2) is 40.5 Å². The molecule has 1 aliphatic heterocycles. The maximum absolute atomic E-state index is 11.1. The molecule has 106 valence electrons. The van der Waals surface area contributed by atoms with Gasteiger partial charge in [-0.2, -0.15) is 5.26 Å². The molecule has 0 aliphatic carbocycles. The van der Waals surface area contributed by atoms with Crippen molar-refractivity contribution in [2.75, 3.05) is 25.0 Å². The number of nitriles is 1. The Morgan fingerprint density at radius 2 is 2.50 bits per heavy atom. The zero-order chi connectivity index (χ0) is 14.5. The first-order chi connectivity index (χ1) is 9.63. The highest BCUT2D eigenvalue weighted by Gasteiger charge is 2.23. The predicted octanol–water partition coefficient (Wildman–Crippen LogP) is 1.76. The van der Waals surface area contributed by atoms with Crippen molar-refractivity contribution in [2.24, 2.45) is 0 Å². The Morgan fingerprint density at radius 3 is 3.15 bits per heavy atom. The van der Waals surface area contributed by atoms with Crippen LogP contribution in [0.4, 0.5) is 11.5 Å². The van der Waals surface area contributed by atoms with Gasteiger partial charge in [0.2, 0.25) is 5.82 Å². The number of nitro groups is 1. The summed E-state index contributed by atoms with van der Waals surface area (Å²) in [6.07, 6.45) is 3.39. The number of rotatable bonds is 4. The molecule has 0 saturated carbocycles. The van der Waals surface area contributed by atoms with Crippen LogP contribution in [0.3, 0.4) is 0 Å². The van der Waals surface area contributed by atoms with Crippen molar-refractivity contribution in [2.45, 2.75) is 25.8 Å². The zero-order valence-corrected chi connectivity index (χ0v) is 11.4. The van der Waals surface area contributed by atoms with Gasteiger partial charge in [0.1, 0.15) is 6.07 Å². The van der Waals surface area contributed by atoms with E-state index in [1.807, 2.05) is 6.07 Å². The van der Waals surface area contributed by atoms with Gasteiger partial charge in [0.25, 0.3) is 0 Å². The Labute approximate surface area is 117 Å². The Kier molecular flexibility index (Phi) is 4.48. The Bertz CT molecular complexity index is 540. The Balaban J connectivity index is 2.16. The number of likely N-dealkylation sites (N-methyl/N-ethyl adjacent to an activating group) is 1. The summed E-state index contributed by atoms with van der Waals surface area (Å²) in [5.74, 6) is 0.247. The van der Waals surface area contributed by atoms with Gasteiger partial charge in [0, 0.05) is 24.8 Å². The van der Waals surface area contributed by atoms with E-state index in [9.17, 15) is 10.1 Å². The van der Waals surface area contributed by atoms with E-state index in [1.54, 1.807) is 0 Å². The minimum Gasteiger partial charge on any atom is -0.360 e. The molecule has 0 spiro atoms. The summed E-state index contributed by atoms with van der Waals surface area (Å²) in [7, 11) is 0. The summed E-state index contributed by atoms with van der Waals surface area (Å²) in [6, 6.07) is 3.28. The van der Waals surface area contributed by atoms with Crippen molar-refractivity contribution in [3.63, 3.8) is 0 Å². The normalized spacial score (nSPS) is 19.3. The quantitative estimate of drug-likeness (QED) is 0.664. The molecule has 1 N–H and O–H groups in total. The monoisotopic (exact) mass is 275 g/mol. The molecule has 7 heteroatoms.